The van der Waals surface area contributed by atoms with Gasteiger partial charge in [-0.3, -0.25) is 0 Å². The maximum Gasteiger partial charge on any atom is 0.159 e. The smallest absolute Gasteiger partial charge is 0.159 e. The van der Waals surface area contributed by atoms with Crippen LogP contribution in [0, 0.1) is 0 Å². The Hall–Kier alpha value is -13.0. The molecule has 0 spiro atoms. The number of para-hydroxylation sites is 8. The summed E-state index contributed by atoms with van der Waals surface area (Å²) in [6, 6.07) is 115. The molecular weight excluding hydrogens is 1340 g/mol. The molecule has 0 aliphatic carbocycles. The number of nitrogens with zero attached hydrogens (tertiary/aromatic N) is 4. The highest BCUT2D eigenvalue weighted by Crippen LogP contribution is 2.49. The van der Waals surface area contributed by atoms with E-state index >= 15 is 0 Å². The first-order valence-corrected chi connectivity index (χ1v) is 41.9. The van der Waals surface area contributed by atoms with Crippen LogP contribution in [-0.4, -0.2) is 30.4 Å². The Balaban J connectivity index is 0.000000148. The van der Waals surface area contributed by atoms with E-state index in [1.165, 1.54) is 31.7 Å². The van der Waals surface area contributed by atoms with E-state index in [-0.39, 0.29) is 0 Å². The van der Waals surface area contributed by atoms with Gasteiger partial charge in [0.2, 0.25) is 0 Å². The first-order valence-electron chi connectivity index (χ1n) is 35.9. The largest absolute Gasteiger partial charge is 0.497 e. The third-order valence-corrected chi connectivity index (χ3v) is 28.5. The molecule has 20 rings (SSSR count). The highest BCUT2D eigenvalue weighted by atomic mass is 28.3. The zero-order valence-corrected chi connectivity index (χ0v) is 61.4. The van der Waals surface area contributed by atoms with Crippen LogP contribution in [0.25, 0.3) is 88.5 Å². The third kappa shape index (κ3) is 10.5. The summed E-state index contributed by atoms with van der Waals surface area (Å²) < 4.78 is 37.9. The molecule has 18 aromatic rings. The normalized spacial score (nSPS) is 13.0. The van der Waals surface area contributed by atoms with Crippen molar-refractivity contribution in [1.29, 1.82) is 0 Å². The molecule has 0 bridgehead atoms. The minimum atomic E-state index is -2.23. The summed E-state index contributed by atoms with van der Waals surface area (Å²) in [5.74, 6) is 3.63. The van der Waals surface area contributed by atoms with Crippen molar-refractivity contribution in [3.8, 4) is 34.1 Å². The molecule has 0 amide bonds. The molecule has 6 heterocycles. The molecule has 0 unspecified atom stereocenters. The lowest BCUT2D eigenvalue weighted by Gasteiger charge is -2.27. The summed E-state index contributed by atoms with van der Waals surface area (Å²) in [6.45, 7) is 9.78. The number of hydrogen-bond acceptors (Lipinski definition) is 10. The quantitative estimate of drug-likeness (QED) is 0.0982. The number of fused-ring (bicyclic) bond motifs is 16. The second-order valence-electron chi connectivity index (χ2n) is 28.3. The van der Waals surface area contributed by atoms with Crippen molar-refractivity contribution in [2.45, 2.75) is 26.2 Å². The minimum absolute atomic E-state index is 0.831. The van der Waals surface area contributed by atoms with Gasteiger partial charge in [0, 0.05) is 100 Å². The summed E-state index contributed by atoms with van der Waals surface area (Å²) in [4.78, 5) is 9.21. The second-order valence-corrected chi connectivity index (χ2v) is 36.8. The number of ether oxygens (including phenoxy) is 2. The number of rotatable bonds is 14. The van der Waals surface area contributed by atoms with Crippen LogP contribution in [0.4, 0.5) is 68.2 Å². The van der Waals surface area contributed by atoms with Crippen molar-refractivity contribution in [3.05, 3.63) is 328 Å². The Morgan fingerprint density at radius 3 is 0.943 bits per heavy atom. The number of hydrogen-bond donors (Lipinski definition) is 0. The fourth-order valence-electron chi connectivity index (χ4n) is 16.5. The van der Waals surface area contributed by atoms with Crippen LogP contribution in [0.5, 0.6) is 11.5 Å². The third-order valence-electron chi connectivity index (χ3n) is 21.4. The monoisotopic (exact) mass is 1410 g/mol. The SMILES string of the molecule is COc1ccc(N(c2ccccc2)c2ccc3c(c2)-c2oc4ccc(N(c5ccccc5)c5ccc(OC)cc5)cc4c2[Si]3(C)C)cc1.C[Si]1(C)c2ccc(N(c3ccccc3)c3cccc4c3oc3ccccc34)cc2-c2oc3ccc(N(c4ccccc4)c4cccc5c4oc4ccccc45)cc3c21. The lowest BCUT2D eigenvalue weighted by atomic mass is 10.1. The molecular formula is C94H72N4O6Si2. The summed E-state index contributed by atoms with van der Waals surface area (Å²) in [6.07, 6.45) is 0. The Bertz CT molecular complexity index is 6390. The summed E-state index contributed by atoms with van der Waals surface area (Å²) >= 11 is 0. The number of methoxy groups -OCH3 is 2. The molecule has 12 heteroatoms. The van der Waals surface area contributed by atoms with Crippen molar-refractivity contribution in [2.75, 3.05) is 33.8 Å². The lowest BCUT2D eigenvalue weighted by molar-refractivity contribution is 0.414. The van der Waals surface area contributed by atoms with Crippen molar-refractivity contribution < 1.29 is 27.1 Å². The van der Waals surface area contributed by atoms with Crippen LogP contribution >= 0.6 is 0 Å². The fourth-order valence-corrected chi connectivity index (χ4v) is 23.0. The minimum Gasteiger partial charge on any atom is -0.497 e. The van der Waals surface area contributed by atoms with E-state index in [2.05, 4.69) is 325 Å². The Labute approximate surface area is 616 Å². The molecule has 4 aromatic heterocycles. The maximum absolute atomic E-state index is 6.95. The second kappa shape index (κ2) is 25.5. The van der Waals surface area contributed by atoms with Crippen molar-refractivity contribution in [3.63, 3.8) is 0 Å². The number of benzene rings is 14. The van der Waals surface area contributed by atoms with Gasteiger partial charge in [-0.15, -0.1) is 0 Å². The predicted molar refractivity (Wildman–Crippen MR) is 443 cm³/mol. The van der Waals surface area contributed by atoms with Crippen LogP contribution in [-0.2, 0) is 0 Å². The van der Waals surface area contributed by atoms with Gasteiger partial charge in [-0.1, -0.05) is 172 Å². The van der Waals surface area contributed by atoms with Gasteiger partial charge in [0.05, 0.1) is 25.6 Å². The van der Waals surface area contributed by atoms with Crippen molar-refractivity contribution in [2.24, 2.45) is 0 Å². The standard InChI is InChI=1S/C52H36N2O3Si.C42H36N2O3Si/c1-58(2)48-30-28-36(54(34-17-7-4-8-18-34)44-24-14-22-40-38-20-10-12-26-46(38)56-50(40)44)32-42(48)51-52(58)41-31-35(27-29-47(41)57-51)53(33-15-5-3-6-16-33)43-23-13-21-39-37-19-9-11-25-45(37)55-49(39)43;1-45-35-21-15-31(16-22-35)43(29-11-7-5-8-12-29)33-19-25-39-37(27-33)42-41(47-39)38-28-34(20-26-40(38)48(42,3)4)44(30-13-9-6-10-14-30)32-17-23-36(46-2)24-18-32/h3-32H,1-2H3;5-28H,1-4H3. The van der Waals surface area contributed by atoms with Crippen LogP contribution in [0.15, 0.2) is 345 Å². The summed E-state index contributed by atoms with van der Waals surface area (Å²) in [7, 11) is -0.947. The molecule has 14 aromatic carbocycles. The van der Waals surface area contributed by atoms with E-state index in [0.717, 1.165) is 157 Å². The summed E-state index contributed by atoms with van der Waals surface area (Å²) in [5, 5.41) is 12.2. The Kier molecular flexibility index (Phi) is 15.3. The Morgan fingerprint density at radius 1 is 0.245 bits per heavy atom. The highest BCUT2D eigenvalue weighted by molar-refractivity contribution is 7.05. The van der Waals surface area contributed by atoms with Crippen molar-refractivity contribution >= 4 is 171 Å². The van der Waals surface area contributed by atoms with Gasteiger partial charge in [0.1, 0.15) is 61.5 Å². The zero-order chi connectivity index (χ0) is 71.4. The van der Waals surface area contributed by atoms with Crippen LogP contribution in [0.2, 0.25) is 26.2 Å². The molecule has 0 radical (unpaired) electrons. The van der Waals surface area contributed by atoms with Crippen LogP contribution in [0.3, 0.4) is 0 Å². The van der Waals surface area contributed by atoms with Crippen LogP contribution in [0.1, 0.15) is 0 Å². The molecule has 10 nitrogen and oxygen atoms in total. The fraction of sp³-hybridized carbons (Fsp3) is 0.0638. The van der Waals surface area contributed by atoms with E-state index < -0.39 is 16.1 Å². The van der Waals surface area contributed by atoms with E-state index in [9.17, 15) is 0 Å². The molecule has 0 atom stereocenters. The molecule has 0 saturated heterocycles. The van der Waals surface area contributed by atoms with E-state index in [1.807, 2.05) is 48.5 Å². The van der Waals surface area contributed by atoms with Crippen molar-refractivity contribution in [1.82, 2.24) is 0 Å². The first kappa shape index (κ1) is 63.9. The van der Waals surface area contributed by atoms with E-state index in [0.29, 0.717) is 0 Å². The molecule has 106 heavy (non-hydrogen) atoms. The highest BCUT2D eigenvalue weighted by Gasteiger charge is 2.44. The van der Waals surface area contributed by atoms with Gasteiger partial charge in [0.25, 0.3) is 0 Å². The predicted octanol–water partition coefficient (Wildman–Crippen LogP) is 24.2. The zero-order valence-electron chi connectivity index (χ0n) is 59.4. The molecule has 0 fully saturated rings. The topological polar surface area (TPSA) is 84.0 Å². The van der Waals surface area contributed by atoms with Gasteiger partial charge in [-0.05, 0) is 203 Å². The van der Waals surface area contributed by atoms with Gasteiger partial charge >= 0.3 is 0 Å². The molecule has 2 aliphatic rings. The lowest BCUT2D eigenvalue weighted by Crippen LogP contribution is -2.49. The maximum atomic E-state index is 6.95. The number of furan rings is 4. The van der Waals surface area contributed by atoms with E-state index in [1.54, 1.807) is 14.2 Å². The average molecular weight is 1410 g/mol. The van der Waals surface area contributed by atoms with Gasteiger partial charge in [-0.2, -0.15) is 0 Å². The Morgan fingerprint density at radius 2 is 0.547 bits per heavy atom. The first-order chi connectivity index (χ1) is 52.0. The number of anilines is 12. The molecule has 512 valence electrons. The van der Waals surface area contributed by atoms with Gasteiger partial charge in [0.15, 0.2) is 11.2 Å². The molecule has 0 saturated carbocycles. The van der Waals surface area contributed by atoms with Gasteiger partial charge in [-0.25, -0.2) is 0 Å². The van der Waals surface area contributed by atoms with Gasteiger partial charge < -0.3 is 46.7 Å². The molecule has 0 N–H and O–H groups in total. The van der Waals surface area contributed by atoms with E-state index in [4.69, 9.17) is 27.1 Å². The summed E-state index contributed by atoms with van der Waals surface area (Å²) in [5.41, 5.74) is 20.3. The van der Waals surface area contributed by atoms with Crippen LogP contribution < -0.4 is 49.8 Å². The average Bonchev–Trinajstić information content (AvgIpc) is 1.54. The molecule has 2 aliphatic heterocycles.